The van der Waals surface area contributed by atoms with Gasteiger partial charge in [-0.2, -0.15) is 0 Å². The molecule has 0 unspecified atom stereocenters. The minimum absolute atomic E-state index is 0.0143. The Hall–Kier alpha value is -2.74. The molecule has 166 valence electrons. The minimum atomic E-state index is -0.673. The van der Waals surface area contributed by atoms with Crippen LogP contribution in [0.4, 0.5) is 4.39 Å². The third-order valence-electron chi connectivity index (χ3n) is 6.58. The van der Waals surface area contributed by atoms with Crippen LogP contribution in [0.1, 0.15) is 38.4 Å². The van der Waals surface area contributed by atoms with Gasteiger partial charge in [0.05, 0.1) is 11.5 Å². The molecule has 2 aliphatic heterocycles. The molecule has 2 fully saturated rings. The molecule has 0 bridgehead atoms. The third kappa shape index (κ3) is 4.63. The number of piperidine rings is 2. The highest BCUT2D eigenvalue weighted by atomic mass is 19.1. The summed E-state index contributed by atoms with van der Waals surface area (Å²) in [4.78, 5) is 29.0. The molecule has 0 spiro atoms. The maximum Gasteiger partial charge on any atom is 0.229 e. The summed E-state index contributed by atoms with van der Waals surface area (Å²) >= 11 is 0. The number of amides is 2. The number of rotatable bonds is 4. The molecule has 2 amide bonds. The topological polar surface area (TPSA) is 86.9 Å². The second kappa shape index (κ2) is 8.78. The maximum atomic E-state index is 13.6. The summed E-state index contributed by atoms with van der Waals surface area (Å²) in [5.74, 6) is 0.352. The Morgan fingerprint density at radius 1 is 1.13 bits per heavy atom. The van der Waals surface area contributed by atoms with Gasteiger partial charge < -0.3 is 19.4 Å². The molecule has 4 rings (SSSR count). The van der Waals surface area contributed by atoms with Crippen LogP contribution < -0.4 is 0 Å². The summed E-state index contributed by atoms with van der Waals surface area (Å²) in [5.41, 5.74) is 0.668. The second-order valence-corrected chi connectivity index (χ2v) is 8.67. The first-order chi connectivity index (χ1) is 14.9. The first-order valence-corrected chi connectivity index (χ1v) is 10.8. The van der Waals surface area contributed by atoms with Crippen molar-refractivity contribution in [1.29, 1.82) is 0 Å². The fourth-order valence-electron chi connectivity index (χ4n) is 4.61. The molecule has 2 saturated heterocycles. The van der Waals surface area contributed by atoms with Crippen LogP contribution in [-0.2, 0) is 16.0 Å². The zero-order chi connectivity index (χ0) is 22.0. The van der Waals surface area contributed by atoms with Gasteiger partial charge in [0.1, 0.15) is 17.3 Å². The Morgan fingerprint density at radius 2 is 1.77 bits per heavy atom. The van der Waals surface area contributed by atoms with Crippen LogP contribution >= 0.6 is 0 Å². The van der Waals surface area contributed by atoms with Crippen LogP contribution in [0.25, 0.3) is 11.3 Å². The standard InChI is InChI=1S/C23H28FN3O4/c1-16(28)26-12-8-23(9-13-26,22(30)27-10-6-19(29)7-11-27)15-20-14-21(25-31-20)17-2-4-18(24)5-3-17/h2-5,14,19,29H,6-13,15H2,1H3. The fraction of sp³-hybridized carbons (Fsp3) is 0.522. The number of halogens is 1. The Labute approximate surface area is 180 Å². The highest BCUT2D eigenvalue weighted by Crippen LogP contribution is 2.38. The molecule has 1 aromatic carbocycles. The lowest BCUT2D eigenvalue weighted by Crippen LogP contribution is -2.53. The molecule has 31 heavy (non-hydrogen) atoms. The molecular formula is C23H28FN3O4. The summed E-state index contributed by atoms with van der Waals surface area (Å²) < 4.78 is 18.8. The van der Waals surface area contributed by atoms with Gasteiger partial charge in [-0.25, -0.2) is 4.39 Å². The van der Waals surface area contributed by atoms with Crippen molar-refractivity contribution in [3.8, 4) is 11.3 Å². The van der Waals surface area contributed by atoms with Gasteiger partial charge in [0.25, 0.3) is 0 Å². The van der Waals surface area contributed by atoms with Gasteiger partial charge in [-0.05, 0) is 49.9 Å². The molecule has 3 heterocycles. The molecule has 0 atom stereocenters. The number of carbonyl (C=O) groups is 2. The summed E-state index contributed by atoms with van der Waals surface area (Å²) in [6, 6.07) is 7.83. The molecule has 0 saturated carbocycles. The average Bonchev–Trinajstić information content (AvgIpc) is 3.23. The smallest absolute Gasteiger partial charge is 0.229 e. The number of hydrogen-bond donors (Lipinski definition) is 1. The van der Waals surface area contributed by atoms with E-state index in [0.29, 0.717) is 69.7 Å². The summed E-state index contributed by atoms with van der Waals surface area (Å²) in [6.07, 6.45) is 2.31. The molecular weight excluding hydrogens is 401 g/mol. The zero-order valence-electron chi connectivity index (χ0n) is 17.7. The number of likely N-dealkylation sites (tertiary alicyclic amines) is 2. The fourth-order valence-corrected chi connectivity index (χ4v) is 4.61. The number of carbonyl (C=O) groups excluding carboxylic acids is 2. The lowest BCUT2D eigenvalue weighted by molar-refractivity contribution is -0.150. The van der Waals surface area contributed by atoms with Gasteiger partial charge in [0, 0.05) is 51.2 Å². The molecule has 8 heteroatoms. The van der Waals surface area contributed by atoms with Crippen molar-refractivity contribution in [3.63, 3.8) is 0 Å². The quantitative estimate of drug-likeness (QED) is 0.808. The largest absolute Gasteiger partial charge is 0.393 e. The van der Waals surface area contributed by atoms with E-state index in [4.69, 9.17) is 4.52 Å². The van der Waals surface area contributed by atoms with Crippen LogP contribution in [-0.4, -0.2) is 64.2 Å². The summed E-state index contributed by atoms with van der Waals surface area (Å²) in [5, 5.41) is 13.9. The predicted molar refractivity (Wildman–Crippen MR) is 111 cm³/mol. The van der Waals surface area contributed by atoms with Crippen LogP contribution in [0.3, 0.4) is 0 Å². The highest BCUT2D eigenvalue weighted by molar-refractivity contribution is 5.84. The van der Waals surface area contributed by atoms with Crippen LogP contribution in [0.2, 0.25) is 0 Å². The van der Waals surface area contributed by atoms with Crippen LogP contribution in [0.15, 0.2) is 34.9 Å². The van der Waals surface area contributed by atoms with E-state index in [1.54, 1.807) is 30.0 Å². The normalized spacial score (nSPS) is 19.5. The molecule has 1 N–H and O–H groups in total. The van der Waals surface area contributed by atoms with E-state index < -0.39 is 5.41 Å². The summed E-state index contributed by atoms with van der Waals surface area (Å²) in [6.45, 7) is 3.67. The molecule has 0 radical (unpaired) electrons. The van der Waals surface area contributed by atoms with Crippen LogP contribution in [0.5, 0.6) is 0 Å². The highest BCUT2D eigenvalue weighted by Gasteiger charge is 2.45. The van der Waals surface area contributed by atoms with Gasteiger partial charge in [-0.1, -0.05) is 5.16 Å². The molecule has 1 aromatic heterocycles. The monoisotopic (exact) mass is 429 g/mol. The predicted octanol–water partition coefficient (Wildman–Crippen LogP) is 2.64. The van der Waals surface area contributed by atoms with E-state index in [0.717, 1.165) is 5.56 Å². The average molecular weight is 429 g/mol. The van der Waals surface area contributed by atoms with Gasteiger partial charge in [-0.15, -0.1) is 0 Å². The number of hydrogen-bond acceptors (Lipinski definition) is 5. The van der Waals surface area contributed by atoms with E-state index >= 15 is 0 Å². The summed E-state index contributed by atoms with van der Waals surface area (Å²) in [7, 11) is 0. The lowest BCUT2D eigenvalue weighted by Gasteiger charge is -2.43. The lowest BCUT2D eigenvalue weighted by atomic mass is 9.73. The van der Waals surface area contributed by atoms with Crippen molar-refractivity contribution in [1.82, 2.24) is 15.0 Å². The molecule has 2 aromatic rings. The maximum absolute atomic E-state index is 13.6. The van der Waals surface area contributed by atoms with E-state index in [2.05, 4.69) is 5.16 Å². The van der Waals surface area contributed by atoms with Crippen molar-refractivity contribution >= 4 is 11.8 Å². The number of benzene rings is 1. The van der Waals surface area contributed by atoms with E-state index in [1.165, 1.54) is 12.1 Å². The van der Waals surface area contributed by atoms with Crippen molar-refractivity contribution in [2.24, 2.45) is 5.41 Å². The Balaban J connectivity index is 1.56. The molecule has 7 nitrogen and oxygen atoms in total. The van der Waals surface area contributed by atoms with E-state index in [-0.39, 0.29) is 23.7 Å². The van der Waals surface area contributed by atoms with Crippen molar-refractivity contribution in [2.45, 2.75) is 45.1 Å². The van der Waals surface area contributed by atoms with Gasteiger partial charge in [-0.3, -0.25) is 9.59 Å². The minimum Gasteiger partial charge on any atom is -0.393 e. The van der Waals surface area contributed by atoms with Crippen molar-refractivity contribution in [2.75, 3.05) is 26.2 Å². The number of nitrogens with zero attached hydrogens (tertiary/aromatic N) is 3. The molecule has 0 aliphatic carbocycles. The first kappa shape index (κ1) is 21.5. The van der Waals surface area contributed by atoms with Gasteiger partial charge >= 0.3 is 0 Å². The third-order valence-corrected chi connectivity index (χ3v) is 6.58. The zero-order valence-corrected chi connectivity index (χ0v) is 17.7. The Kier molecular flexibility index (Phi) is 6.09. The number of aliphatic hydroxyl groups is 1. The second-order valence-electron chi connectivity index (χ2n) is 8.67. The van der Waals surface area contributed by atoms with Crippen molar-refractivity contribution in [3.05, 3.63) is 41.9 Å². The Bertz CT molecular complexity index is 927. The van der Waals surface area contributed by atoms with Gasteiger partial charge in [0.2, 0.25) is 11.8 Å². The van der Waals surface area contributed by atoms with Crippen molar-refractivity contribution < 1.29 is 23.6 Å². The number of aromatic nitrogens is 1. The van der Waals surface area contributed by atoms with E-state index in [9.17, 15) is 19.1 Å². The van der Waals surface area contributed by atoms with Gasteiger partial charge in [0.15, 0.2) is 0 Å². The van der Waals surface area contributed by atoms with Crippen LogP contribution in [0, 0.1) is 11.2 Å². The Morgan fingerprint density at radius 3 is 2.39 bits per heavy atom. The first-order valence-electron chi connectivity index (χ1n) is 10.8. The number of aliphatic hydroxyl groups excluding tert-OH is 1. The SMILES string of the molecule is CC(=O)N1CCC(Cc2cc(-c3ccc(F)cc3)no2)(C(=O)N2CCC(O)CC2)CC1. The molecule has 2 aliphatic rings. The van der Waals surface area contributed by atoms with E-state index in [1.807, 2.05) is 4.90 Å².